The standard InChI is InChI=1S/C14H16ClN3OS/c1-9(11-6-4-3-5-7-11)8-12-17-18-14(20-12)16-13(19)10(2)15/h3-7,9-10H,8H2,1-2H3,(H,16,18,19)/t9-,10+/m1/s1. The number of carbonyl (C=O) groups is 1. The Kier molecular flexibility index (Phi) is 5.09. The molecule has 0 radical (unpaired) electrons. The molecule has 1 aromatic carbocycles. The Labute approximate surface area is 127 Å². The Balaban J connectivity index is 1.98. The molecule has 20 heavy (non-hydrogen) atoms. The van der Waals surface area contributed by atoms with Crippen molar-refractivity contribution in [3.63, 3.8) is 0 Å². The van der Waals surface area contributed by atoms with Crippen molar-refractivity contribution < 1.29 is 4.79 Å². The maximum Gasteiger partial charge on any atom is 0.243 e. The SMILES string of the molecule is C[C@H](Cl)C(=O)Nc1nnc(C[C@@H](C)c2ccccc2)s1. The number of halogens is 1. The molecule has 106 valence electrons. The lowest BCUT2D eigenvalue weighted by atomic mass is 9.98. The van der Waals surface area contributed by atoms with Gasteiger partial charge in [0.1, 0.15) is 10.4 Å². The van der Waals surface area contributed by atoms with Gasteiger partial charge in [-0.25, -0.2) is 0 Å². The Hall–Kier alpha value is -1.46. The number of hydrogen-bond donors (Lipinski definition) is 1. The fourth-order valence-corrected chi connectivity index (χ4v) is 2.68. The van der Waals surface area contributed by atoms with Crippen LogP contribution in [-0.4, -0.2) is 21.5 Å². The quantitative estimate of drug-likeness (QED) is 0.861. The molecule has 1 N–H and O–H groups in total. The van der Waals surface area contributed by atoms with Crippen molar-refractivity contribution in [2.24, 2.45) is 0 Å². The zero-order valence-corrected chi connectivity index (χ0v) is 12.9. The third-order valence-corrected chi connectivity index (χ3v) is 3.97. The lowest BCUT2D eigenvalue weighted by molar-refractivity contribution is -0.115. The molecule has 1 aromatic heterocycles. The number of amides is 1. The summed E-state index contributed by atoms with van der Waals surface area (Å²) in [5.74, 6) is 0.102. The second-order valence-electron chi connectivity index (χ2n) is 4.62. The van der Waals surface area contributed by atoms with Gasteiger partial charge in [-0.05, 0) is 18.4 Å². The van der Waals surface area contributed by atoms with Crippen molar-refractivity contribution in [3.05, 3.63) is 40.9 Å². The number of nitrogens with one attached hydrogen (secondary N) is 1. The van der Waals surface area contributed by atoms with E-state index in [9.17, 15) is 4.79 Å². The number of anilines is 1. The molecule has 4 nitrogen and oxygen atoms in total. The molecule has 1 amide bonds. The maximum absolute atomic E-state index is 11.5. The number of aromatic nitrogens is 2. The second kappa shape index (κ2) is 6.81. The summed E-state index contributed by atoms with van der Waals surface area (Å²) in [4.78, 5) is 11.5. The largest absolute Gasteiger partial charge is 0.299 e. The monoisotopic (exact) mass is 309 g/mol. The van der Waals surface area contributed by atoms with E-state index in [1.165, 1.54) is 16.9 Å². The molecule has 0 unspecified atom stereocenters. The van der Waals surface area contributed by atoms with Crippen molar-refractivity contribution in [3.8, 4) is 0 Å². The summed E-state index contributed by atoms with van der Waals surface area (Å²) in [6, 6.07) is 10.3. The minimum absolute atomic E-state index is 0.259. The molecule has 0 spiro atoms. The van der Waals surface area contributed by atoms with Crippen LogP contribution in [0.1, 0.15) is 30.3 Å². The third kappa shape index (κ3) is 4.02. The van der Waals surface area contributed by atoms with Gasteiger partial charge in [-0.2, -0.15) is 0 Å². The second-order valence-corrected chi connectivity index (χ2v) is 6.34. The number of rotatable bonds is 5. The molecular formula is C14H16ClN3OS. The first-order chi connectivity index (χ1) is 9.56. The Morgan fingerprint density at radius 1 is 1.30 bits per heavy atom. The number of benzene rings is 1. The highest BCUT2D eigenvalue weighted by Crippen LogP contribution is 2.24. The van der Waals surface area contributed by atoms with Crippen LogP contribution in [0.5, 0.6) is 0 Å². The first-order valence-electron chi connectivity index (χ1n) is 6.38. The normalized spacial score (nSPS) is 13.8. The van der Waals surface area contributed by atoms with Crippen LogP contribution < -0.4 is 5.32 Å². The minimum Gasteiger partial charge on any atom is -0.299 e. The van der Waals surface area contributed by atoms with E-state index in [1.807, 2.05) is 18.2 Å². The molecule has 0 saturated heterocycles. The van der Waals surface area contributed by atoms with Gasteiger partial charge in [0.2, 0.25) is 11.0 Å². The molecule has 6 heteroatoms. The molecule has 2 atom stereocenters. The molecule has 0 saturated carbocycles. The fraction of sp³-hybridized carbons (Fsp3) is 0.357. The average Bonchev–Trinajstić information content (AvgIpc) is 2.86. The van der Waals surface area contributed by atoms with E-state index in [1.54, 1.807) is 6.92 Å². The molecule has 0 aliphatic heterocycles. The maximum atomic E-state index is 11.5. The van der Waals surface area contributed by atoms with E-state index in [0.29, 0.717) is 11.0 Å². The van der Waals surface area contributed by atoms with Crippen LogP contribution >= 0.6 is 22.9 Å². The minimum atomic E-state index is -0.578. The highest BCUT2D eigenvalue weighted by molar-refractivity contribution is 7.15. The van der Waals surface area contributed by atoms with Gasteiger partial charge in [-0.15, -0.1) is 21.8 Å². The summed E-state index contributed by atoms with van der Waals surface area (Å²) in [7, 11) is 0. The van der Waals surface area contributed by atoms with Crippen LogP contribution in [0, 0.1) is 0 Å². The molecule has 0 aliphatic carbocycles. The Bertz CT molecular complexity index is 571. The summed E-state index contributed by atoms with van der Waals surface area (Å²) in [6.07, 6.45) is 0.800. The summed E-state index contributed by atoms with van der Waals surface area (Å²) in [6.45, 7) is 3.77. The van der Waals surface area contributed by atoms with Crippen LogP contribution in [-0.2, 0) is 11.2 Å². The Morgan fingerprint density at radius 3 is 2.65 bits per heavy atom. The van der Waals surface area contributed by atoms with Crippen LogP contribution in [0.3, 0.4) is 0 Å². The van der Waals surface area contributed by atoms with Gasteiger partial charge in [0.25, 0.3) is 0 Å². The summed E-state index contributed by atoms with van der Waals surface area (Å²) < 4.78 is 0. The average molecular weight is 310 g/mol. The van der Waals surface area contributed by atoms with Crippen molar-refractivity contribution in [1.82, 2.24) is 10.2 Å². The zero-order chi connectivity index (χ0) is 14.5. The zero-order valence-electron chi connectivity index (χ0n) is 11.3. The van der Waals surface area contributed by atoms with E-state index in [-0.39, 0.29) is 5.91 Å². The molecule has 2 rings (SSSR count). The van der Waals surface area contributed by atoms with E-state index in [0.717, 1.165) is 11.4 Å². The van der Waals surface area contributed by atoms with Crippen molar-refractivity contribution in [2.45, 2.75) is 31.6 Å². The first kappa shape index (κ1) is 14.9. The summed E-state index contributed by atoms with van der Waals surface area (Å²) in [5, 5.41) is 11.5. The van der Waals surface area contributed by atoms with Gasteiger partial charge in [0.05, 0.1) is 0 Å². The first-order valence-corrected chi connectivity index (χ1v) is 7.64. The molecule has 0 aliphatic rings. The lowest BCUT2D eigenvalue weighted by Gasteiger charge is -2.08. The van der Waals surface area contributed by atoms with Gasteiger partial charge in [-0.1, -0.05) is 48.6 Å². The van der Waals surface area contributed by atoms with Crippen LogP contribution in [0.15, 0.2) is 30.3 Å². The van der Waals surface area contributed by atoms with Gasteiger partial charge in [0, 0.05) is 6.42 Å². The third-order valence-electron chi connectivity index (χ3n) is 2.91. The van der Waals surface area contributed by atoms with E-state index in [2.05, 4.69) is 34.6 Å². The molecule has 0 bridgehead atoms. The van der Waals surface area contributed by atoms with Crippen molar-refractivity contribution in [1.29, 1.82) is 0 Å². The molecule has 2 aromatic rings. The topological polar surface area (TPSA) is 54.9 Å². The van der Waals surface area contributed by atoms with Crippen molar-refractivity contribution >= 4 is 34.0 Å². The number of alkyl halides is 1. The van der Waals surface area contributed by atoms with Crippen LogP contribution in [0.25, 0.3) is 0 Å². The van der Waals surface area contributed by atoms with Gasteiger partial charge >= 0.3 is 0 Å². The predicted molar refractivity (Wildman–Crippen MR) is 82.4 cm³/mol. The van der Waals surface area contributed by atoms with Gasteiger partial charge < -0.3 is 0 Å². The number of nitrogens with zero attached hydrogens (tertiary/aromatic N) is 2. The summed E-state index contributed by atoms with van der Waals surface area (Å²) >= 11 is 7.08. The molecule has 0 fully saturated rings. The van der Waals surface area contributed by atoms with Crippen molar-refractivity contribution in [2.75, 3.05) is 5.32 Å². The molecule has 1 heterocycles. The highest BCUT2D eigenvalue weighted by atomic mass is 35.5. The summed E-state index contributed by atoms with van der Waals surface area (Å²) in [5.41, 5.74) is 1.27. The Morgan fingerprint density at radius 2 is 2.00 bits per heavy atom. The van der Waals surface area contributed by atoms with E-state index >= 15 is 0 Å². The van der Waals surface area contributed by atoms with Gasteiger partial charge in [0.15, 0.2) is 0 Å². The van der Waals surface area contributed by atoms with Crippen LogP contribution in [0.4, 0.5) is 5.13 Å². The van der Waals surface area contributed by atoms with Crippen LogP contribution in [0.2, 0.25) is 0 Å². The number of carbonyl (C=O) groups excluding carboxylic acids is 1. The predicted octanol–water partition coefficient (Wildman–Crippen LogP) is 3.45. The fourth-order valence-electron chi connectivity index (χ4n) is 1.75. The molecular weight excluding hydrogens is 294 g/mol. The van der Waals surface area contributed by atoms with E-state index < -0.39 is 5.38 Å². The van der Waals surface area contributed by atoms with E-state index in [4.69, 9.17) is 11.6 Å². The number of hydrogen-bond acceptors (Lipinski definition) is 4. The smallest absolute Gasteiger partial charge is 0.243 e. The highest BCUT2D eigenvalue weighted by Gasteiger charge is 2.14. The lowest BCUT2D eigenvalue weighted by Crippen LogP contribution is -2.20. The van der Waals surface area contributed by atoms with Gasteiger partial charge in [-0.3, -0.25) is 10.1 Å².